The Morgan fingerprint density at radius 1 is 0.800 bits per heavy atom. The molecule has 1 atom stereocenters. The topological polar surface area (TPSA) is 61.8 Å². The van der Waals surface area contributed by atoms with E-state index in [-0.39, 0.29) is 5.97 Å². The second-order valence-electron chi connectivity index (χ2n) is 7.46. The molecule has 0 saturated heterocycles. The summed E-state index contributed by atoms with van der Waals surface area (Å²) < 4.78 is 16.3. The van der Waals surface area contributed by atoms with Gasteiger partial charge < -0.3 is 14.2 Å². The lowest BCUT2D eigenvalue weighted by Crippen LogP contribution is -2.12. The van der Waals surface area contributed by atoms with Gasteiger partial charge in [-0.15, -0.1) is 0 Å². The number of carbonyl (C=O) groups excluding carboxylic acids is 2. The van der Waals surface area contributed by atoms with Crippen molar-refractivity contribution in [3.05, 3.63) is 59.7 Å². The van der Waals surface area contributed by atoms with Crippen molar-refractivity contribution in [1.29, 1.82) is 0 Å². The summed E-state index contributed by atoms with van der Waals surface area (Å²) in [6.07, 6.45) is 5.55. The number of hydrogen-bond acceptors (Lipinski definition) is 5. The summed E-state index contributed by atoms with van der Waals surface area (Å²) in [5.41, 5.74) is 0.865. The normalized spacial score (nSPS) is 11.6. The standard InChI is InChI=1S/C25H32O5/c1-4-6-7-8-17-28-22-13-9-21(10-14-22)25(27)30-23-15-11-20(12-16-23)24(26)29-18-19(3)5-2/h9-16,19H,4-8,17-18H2,1-3H3. The number of benzene rings is 2. The van der Waals surface area contributed by atoms with Gasteiger partial charge in [0.2, 0.25) is 0 Å². The fourth-order valence-corrected chi connectivity index (χ4v) is 2.65. The monoisotopic (exact) mass is 412 g/mol. The summed E-state index contributed by atoms with van der Waals surface area (Å²) in [5.74, 6) is 0.597. The van der Waals surface area contributed by atoms with Crippen LogP contribution in [0.1, 0.15) is 73.6 Å². The van der Waals surface area contributed by atoms with Gasteiger partial charge in [0.15, 0.2) is 0 Å². The van der Waals surface area contributed by atoms with E-state index in [2.05, 4.69) is 13.8 Å². The Morgan fingerprint density at radius 3 is 2.00 bits per heavy atom. The minimum absolute atomic E-state index is 0.326. The predicted molar refractivity (Wildman–Crippen MR) is 117 cm³/mol. The fourth-order valence-electron chi connectivity index (χ4n) is 2.65. The highest BCUT2D eigenvalue weighted by molar-refractivity contribution is 5.92. The number of unbranched alkanes of at least 4 members (excludes halogenated alkanes) is 3. The van der Waals surface area contributed by atoms with E-state index in [4.69, 9.17) is 14.2 Å². The van der Waals surface area contributed by atoms with Crippen molar-refractivity contribution in [2.75, 3.05) is 13.2 Å². The molecule has 0 aliphatic heterocycles. The molecule has 5 heteroatoms. The maximum absolute atomic E-state index is 12.3. The van der Waals surface area contributed by atoms with Crippen molar-refractivity contribution in [2.24, 2.45) is 5.92 Å². The van der Waals surface area contributed by atoms with Crippen LogP contribution in [0.25, 0.3) is 0 Å². The second kappa shape index (κ2) is 12.7. The maximum Gasteiger partial charge on any atom is 0.343 e. The van der Waals surface area contributed by atoms with Crippen LogP contribution < -0.4 is 9.47 Å². The third-order valence-corrected chi connectivity index (χ3v) is 4.85. The lowest BCUT2D eigenvalue weighted by atomic mass is 10.1. The van der Waals surface area contributed by atoms with Gasteiger partial charge in [-0.05, 0) is 60.9 Å². The van der Waals surface area contributed by atoms with Gasteiger partial charge in [-0.3, -0.25) is 0 Å². The number of hydrogen-bond donors (Lipinski definition) is 0. The minimum atomic E-state index is -0.461. The summed E-state index contributed by atoms with van der Waals surface area (Å²) >= 11 is 0. The first-order chi connectivity index (χ1) is 14.5. The van der Waals surface area contributed by atoms with Crippen molar-refractivity contribution in [2.45, 2.75) is 52.9 Å². The first-order valence-corrected chi connectivity index (χ1v) is 10.8. The van der Waals surface area contributed by atoms with E-state index in [1.165, 1.54) is 12.8 Å². The second-order valence-corrected chi connectivity index (χ2v) is 7.46. The van der Waals surface area contributed by atoms with Crippen molar-refractivity contribution < 1.29 is 23.8 Å². The molecule has 0 saturated carbocycles. The number of rotatable bonds is 12. The van der Waals surface area contributed by atoms with Gasteiger partial charge in [0, 0.05) is 0 Å². The highest BCUT2D eigenvalue weighted by Crippen LogP contribution is 2.18. The van der Waals surface area contributed by atoms with E-state index >= 15 is 0 Å². The molecule has 2 aromatic rings. The summed E-state index contributed by atoms with van der Waals surface area (Å²) in [5, 5.41) is 0. The molecule has 0 spiro atoms. The Morgan fingerprint density at radius 2 is 1.40 bits per heavy atom. The quantitative estimate of drug-likeness (QED) is 0.241. The Bertz CT molecular complexity index is 780. The van der Waals surface area contributed by atoms with Crippen LogP contribution in [0, 0.1) is 5.92 Å². The highest BCUT2D eigenvalue weighted by atomic mass is 16.5. The van der Waals surface area contributed by atoms with Gasteiger partial charge in [-0.2, -0.15) is 0 Å². The summed E-state index contributed by atoms with van der Waals surface area (Å²) in [4.78, 5) is 24.4. The fraction of sp³-hybridized carbons (Fsp3) is 0.440. The zero-order chi connectivity index (χ0) is 21.8. The Labute approximate surface area is 179 Å². The van der Waals surface area contributed by atoms with E-state index in [0.29, 0.717) is 36.0 Å². The van der Waals surface area contributed by atoms with Crippen LogP contribution >= 0.6 is 0 Å². The molecule has 30 heavy (non-hydrogen) atoms. The largest absolute Gasteiger partial charge is 0.494 e. The van der Waals surface area contributed by atoms with Gasteiger partial charge in [-0.1, -0.05) is 46.5 Å². The molecule has 0 aliphatic carbocycles. The van der Waals surface area contributed by atoms with E-state index in [0.717, 1.165) is 25.0 Å². The average Bonchev–Trinajstić information content (AvgIpc) is 2.78. The molecular formula is C25H32O5. The molecule has 162 valence electrons. The van der Waals surface area contributed by atoms with Crippen LogP contribution in [-0.2, 0) is 4.74 Å². The van der Waals surface area contributed by atoms with E-state index in [1.54, 1.807) is 48.5 Å². The molecular weight excluding hydrogens is 380 g/mol. The number of ether oxygens (including phenoxy) is 3. The molecule has 0 radical (unpaired) electrons. The van der Waals surface area contributed by atoms with Gasteiger partial charge in [0.25, 0.3) is 0 Å². The molecule has 2 aromatic carbocycles. The predicted octanol–water partition coefficient (Wildman–Crippen LogP) is 6.07. The molecule has 0 amide bonds. The average molecular weight is 413 g/mol. The molecule has 0 fully saturated rings. The molecule has 0 aromatic heterocycles. The lowest BCUT2D eigenvalue weighted by Gasteiger charge is -2.10. The Kier molecular flexibility index (Phi) is 9.92. The summed E-state index contributed by atoms with van der Waals surface area (Å²) in [6.45, 7) is 7.33. The highest BCUT2D eigenvalue weighted by Gasteiger charge is 2.12. The van der Waals surface area contributed by atoms with Gasteiger partial charge in [0.05, 0.1) is 24.3 Å². The van der Waals surface area contributed by atoms with Crippen LogP contribution in [0.5, 0.6) is 11.5 Å². The third kappa shape index (κ3) is 7.90. The molecule has 0 bridgehead atoms. The number of esters is 2. The molecule has 0 aliphatic rings. The van der Waals surface area contributed by atoms with E-state index in [1.807, 2.05) is 6.92 Å². The zero-order valence-corrected chi connectivity index (χ0v) is 18.2. The zero-order valence-electron chi connectivity index (χ0n) is 18.2. The molecule has 2 rings (SSSR count). The minimum Gasteiger partial charge on any atom is -0.494 e. The van der Waals surface area contributed by atoms with Gasteiger partial charge in [0.1, 0.15) is 11.5 Å². The van der Waals surface area contributed by atoms with Crippen LogP contribution in [0.15, 0.2) is 48.5 Å². The van der Waals surface area contributed by atoms with Crippen molar-refractivity contribution in [1.82, 2.24) is 0 Å². The van der Waals surface area contributed by atoms with E-state index in [9.17, 15) is 9.59 Å². The summed E-state index contributed by atoms with van der Waals surface area (Å²) in [6, 6.07) is 13.3. The maximum atomic E-state index is 12.3. The molecule has 1 unspecified atom stereocenters. The smallest absolute Gasteiger partial charge is 0.343 e. The van der Waals surface area contributed by atoms with Crippen LogP contribution in [0.2, 0.25) is 0 Å². The van der Waals surface area contributed by atoms with Crippen molar-refractivity contribution >= 4 is 11.9 Å². The van der Waals surface area contributed by atoms with Gasteiger partial charge >= 0.3 is 11.9 Å². The summed E-state index contributed by atoms with van der Waals surface area (Å²) in [7, 11) is 0. The van der Waals surface area contributed by atoms with Crippen LogP contribution in [0.3, 0.4) is 0 Å². The number of carbonyl (C=O) groups is 2. The Hall–Kier alpha value is -2.82. The van der Waals surface area contributed by atoms with Crippen molar-refractivity contribution in [3.8, 4) is 11.5 Å². The first-order valence-electron chi connectivity index (χ1n) is 10.8. The lowest BCUT2D eigenvalue weighted by molar-refractivity contribution is 0.0447. The third-order valence-electron chi connectivity index (χ3n) is 4.85. The van der Waals surface area contributed by atoms with Crippen molar-refractivity contribution in [3.63, 3.8) is 0 Å². The molecule has 0 heterocycles. The van der Waals surface area contributed by atoms with E-state index < -0.39 is 5.97 Å². The van der Waals surface area contributed by atoms with Crippen LogP contribution in [0.4, 0.5) is 0 Å². The van der Waals surface area contributed by atoms with Crippen LogP contribution in [-0.4, -0.2) is 25.2 Å². The SMILES string of the molecule is CCCCCCOc1ccc(C(=O)Oc2ccc(C(=O)OCC(C)CC)cc2)cc1. The molecule has 5 nitrogen and oxygen atoms in total. The van der Waals surface area contributed by atoms with Gasteiger partial charge in [-0.25, -0.2) is 9.59 Å². The first kappa shape index (κ1) is 23.5. The Balaban J connectivity index is 1.83. The molecule has 0 N–H and O–H groups in total.